The van der Waals surface area contributed by atoms with Gasteiger partial charge in [0.15, 0.2) is 0 Å². The van der Waals surface area contributed by atoms with Crippen LogP contribution in [-0.2, 0) is 33.6 Å². The number of aliphatic carboxylic acids is 2. The maximum Gasteiger partial charge on any atom is 0.327 e. The molecular weight excluding hydrogens is 476 g/mol. The van der Waals surface area contributed by atoms with Crippen LogP contribution in [0.1, 0.15) is 38.5 Å². The van der Waals surface area contributed by atoms with Gasteiger partial charge >= 0.3 is 11.9 Å². The van der Waals surface area contributed by atoms with E-state index in [1.165, 1.54) is 0 Å². The minimum Gasteiger partial charge on any atom is -0.481 e. The van der Waals surface area contributed by atoms with Crippen LogP contribution in [-0.4, -0.2) is 81.6 Å². The maximum absolute atomic E-state index is 12.8. The van der Waals surface area contributed by atoms with Gasteiger partial charge in [0.1, 0.15) is 18.1 Å². The molecule has 0 fully saturated rings. The van der Waals surface area contributed by atoms with Crippen LogP contribution in [0.3, 0.4) is 0 Å². The van der Waals surface area contributed by atoms with Crippen molar-refractivity contribution in [3.05, 3.63) is 0 Å². The summed E-state index contributed by atoms with van der Waals surface area (Å²) in [5.41, 5.74) is 15.8. The first-order chi connectivity index (χ1) is 15.8. The lowest BCUT2D eigenvalue weighted by atomic mass is 10.1. The van der Waals surface area contributed by atoms with Crippen LogP contribution in [0.15, 0.2) is 0 Å². The SMILES string of the molecule is NC(=O)CCC(N)C(=O)NC(CCC(N)=O)C(=O)NC(CCC(=O)O)C(=O)NC(CS)C(=O)O. The Morgan fingerprint density at radius 3 is 1.50 bits per heavy atom. The summed E-state index contributed by atoms with van der Waals surface area (Å²) in [5, 5.41) is 24.6. The van der Waals surface area contributed by atoms with Gasteiger partial charge in [-0.15, -0.1) is 0 Å². The van der Waals surface area contributed by atoms with E-state index >= 15 is 0 Å². The van der Waals surface area contributed by atoms with Gasteiger partial charge in [-0.25, -0.2) is 4.79 Å². The molecule has 4 unspecified atom stereocenters. The van der Waals surface area contributed by atoms with Crippen molar-refractivity contribution in [1.29, 1.82) is 0 Å². The third-order valence-corrected chi connectivity index (χ3v) is 4.79. The highest BCUT2D eigenvalue weighted by molar-refractivity contribution is 7.80. The summed E-state index contributed by atoms with van der Waals surface area (Å²) in [6.45, 7) is 0. The van der Waals surface area contributed by atoms with Crippen LogP contribution < -0.4 is 33.2 Å². The fourth-order valence-corrected chi connectivity index (χ4v) is 2.78. The molecule has 0 aromatic heterocycles. The fourth-order valence-electron chi connectivity index (χ4n) is 2.53. The monoisotopic (exact) mass is 506 g/mol. The van der Waals surface area contributed by atoms with Crippen molar-refractivity contribution in [2.24, 2.45) is 17.2 Å². The number of carbonyl (C=O) groups excluding carboxylic acids is 5. The van der Waals surface area contributed by atoms with Crippen molar-refractivity contribution < 1.29 is 43.8 Å². The molecule has 0 aliphatic rings. The number of carboxylic acids is 2. The van der Waals surface area contributed by atoms with Gasteiger partial charge in [-0.3, -0.25) is 28.8 Å². The maximum atomic E-state index is 12.8. The summed E-state index contributed by atoms with van der Waals surface area (Å²) >= 11 is 3.81. The molecule has 0 rings (SSSR count). The van der Waals surface area contributed by atoms with E-state index < -0.39 is 78.5 Å². The molecule has 0 saturated heterocycles. The zero-order chi connectivity index (χ0) is 26.4. The van der Waals surface area contributed by atoms with E-state index in [0.717, 1.165) is 0 Å². The van der Waals surface area contributed by atoms with Gasteiger partial charge in [-0.1, -0.05) is 0 Å². The van der Waals surface area contributed by atoms with E-state index in [9.17, 15) is 33.6 Å². The Kier molecular flexibility index (Phi) is 13.9. The van der Waals surface area contributed by atoms with Crippen LogP contribution >= 0.6 is 12.6 Å². The van der Waals surface area contributed by atoms with Gasteiger partial charge < -0.3 is 43.4 Å². The molecular formula is C18H30N6O9S. The Labute approximate surface area is 199 Å². The van der Waals surface area contributed by atoms with Crippen molar-refractivity contribution in [1.82, 2.24) is 16.0 Å². The largest absolute Gasteiger partial charge is 0.481 e. The van der Waals surface area contributed by atoms with Crippen molar-refractivity contribution in [2.75, 3.05) is 5.75 Å². The van der Waals surface area contributed by atoms with E-state index in [4.69, 9.17) is 27.4 Å². The molecule has 34 heavy (non-hydrogen) atoms. The van der Waals surface area contributed by atoms with Crippen LogP contribution in [0.25, 0.3) is 0 Å². The summed E-state index contributed by atoms with van der Waals surface area (Å²) in [4.78, 5) is 81.7. The Balaban J connectivity index is 5.52. The molecule has 0 spiro atoms. The quantitative estimate of drug-likeness (QED) is 0.0867. The Morgan fingerprint density at radius 2 is 1.09 bits per heavy atom. The van der Waals surface area contributed by atoms with Gasteiger partial charge in [-0.05, 0) is 19.3 Å². The van der Waals surface area contributed by atoms with Gasteiger partial charge in [0, 0.05) is 25.0 Å². The highest BCUT2D eigenvalue weighted by Crippen LogP contribution is 2.05. The zero-order valence-electron chi connectivity index (χ0n) is 18.2. The standard InChI is InChI=1S/C18H30N6O9S/c19-8(1-4-12(20)25)15(29)22-9(2-5-13(21)26)16(30)23-10(3-6-14(27)28)17(31)24-11(7-34)18(32)33/h8-11,34H,1-7,19H2,(H2,20,25)(H2,21,26)(H,22,29)(H,23,30)(H,24,31)(H,27,28)(H,32,33). The normalized spacial score (nSPS) is 14.1. The average Bonchev–Trinajstić information content (AvgIpc) is 2.74. The molecule has 0 bridgehead atoms. The molecule has 4 atom stereocenters. The molecule has 0 aromatic carbocycles. The smallest absolute Gasteiger partial charge is 0.327 e. The minimum absolute atomic E-state index is 0.116. The first kappa shape index (κ1) is 30.6. The first-order valence-corrected chi connectivity index (χ1v) is 10.7. The van der Waals surface area contributed by atoms with Gasteiger partial charge in [-0.2, -0.15) is 12.6 Å². The fraction of sp³-hybridized carbons (Fsp3) is 0.611. The summed E-state index contributed by atoms with van der Waals surface area (Å²) in [6.07, 6.45) is -1.87. The van der Waals surface area contributed by atoms with E-state index in [-0.39, 0.29) is 31.4 Å². The molecule has 0 saturated carbocycles. The number of rotatable bonds is 17. The summed E-state index contributed by atoms with van der Waals surface area (Å²) in [5.74, 6) is -7.25. The number of primary amides is 2. The molecule has 0 aromatic rings. The van der Waals surface area contributed by atoms with Crippen molar-refractivity contribution in [2.45, 2.75) is 62.7 Å². The second-order valence-corrected chi connectivity index (χ2v) is 7.62. The third kappa shape index (κ3) is 12.6. The van der Waals surface area contributed by atoms with Crippen LogP contribution in [0.4, 0.5) is 0 Å². The summed E-state index contributed by atoms with van der Waals surface area (Å²) in [7, 11) is 0. The van der Waals surface area contributed by atoms with E-state index in [1.807, 2.05) is 0 Å². The predicted molar refractivity (Wildman–Crippen MR) is 119 cm³/mol. The second-order valence-electron chi connectivity index (χ2n) is 7.25. The molecule has 0 aliphatic heterocycles. The topological polar surface area (TPSA) is 274 Å². The molecule has 0 heterocycles. The number of nitrogens with one attached hydrogen (secondary N) is 3. The highest BCUT2D eigenvalue weighted by atomic mass is 32.1. The number of hydrogen-bond acceptors (Lipinski definition) is 9. The van der Waals surface area contributed by atoms with Gasteiger partial charge in [0.25, 0.3) is 0 Å². The highest BCUT2D eigenvalue weighted by Gasteiger charge is 2.30. The molecule has 11 N–H and O–H groups in total. The molecule has 192 valence electrons. The number of nitrogens with two attached hydrogens (primary N) is 3. The minimum atomic E-state index is -1.48. The van der Waals surface area contributed by atoms with Gasteiger partial charge in [0.2, 0.25) is 29.5 Å². The molecule has 5 amide bonds. The number of carboxylic acid groups (broad SMARTS) is 2. The zero-order valence-corrected chi connectivity index (χ0v) is 19.1. The van der Waals surface area contributed by atoms with Crippen LogP contribution in [0.2, 0.25) is 0 Å². The number of carbonyl (C=O) groups is 7. The van der Waals surface area contributed by atoms with Crippen molar-refractivity contribution in [3.8, 4) is 0 Å². The number of thiol groups is 1. The molecule has 16 heteroatoms. The van der Waals surface area contributed by atoms with E-state index in [0.29, 0.717) is 0 Å². The summed E-state index contributed by atoms with van der Waals surface area (Å²) < 4.78 is 0. The lowest BCUT2D eigenvalue weighted by Gasteiger charge is -2.24. The molecule has 15 nitrogen and oxygen atoms in total. The second kappa shape index (κ2) is 15.4. The third-order valence-electron chi connectivity index (χ3n) is 4.43. The van der Waals surface area contributed by atoms with E-state index in [1.54, 1.807) is 0 Å². The number of hydrogen-bond donors (Lipinski definition) is 9. The lowest BCUT2D eigenvalue weighted by molar-refractivity contribution is -0.142. The predicted octanol–water partition coefficient (Wildman–Crippen LogP) is -3.82. The average molecular weight is 507 g/mol. The Hall–Kier alpha value is -3.40. The molecule has 0 radical (unpaired) electrons. The summed E-state index contributed by atoms with van der Waals surface area (Å²) in [6, 6.07) is -5.51. The van der Waals surface area contributed by atoms with Gasteiger partial charge in [0.05, 0.1) is 6.04 Å². The van der Waals surface area contributed by atoms with E-state index in [2.05, 4.69) is 28.6 Å². The van der Waals surface area contributed by atoms with Crippen molar-refractivity contribution in [3.63, 3.8) is 0 Å². The van der Waals surface area contributed by atoms with Crippen LogP contribution in [0.5, 0.6) is 0 Å². The number of amides is 5. The Bertz CT molecular complexity index is 794. The Morgan fingerprint density at radius 1 is 0.676 bits per heavy atom. The first-order valence-electron chi connectivity index (χ1n) is 10.1. The lowest BCUT2D eigenvalue weighted by Crippen LogP contribution is -2.57. The molecule has 0 aliphatic carbocycles. The van der Waals surface area contributed by atoms with Crippen molar-refractivity contribution >= 4 is 54.1 Å². The van der Waals surface area contributed by atoms with Crippen LogP contribution in [0, 0.1) is 0 Å².